The van der Waals surface area contributed by atoms with Gasteiger partial charge < -0.3 is 30.3 Å². The third kappa shape index (κ3) is 1.75. The van der Waals surface area contributed by atoms with Crippen molar-refractivity contribution < 1.29 is 39.9 Å². The van der Waals surface area contributed by atoms with Gasteiger partial charge in [0.15, 0.2) is 6.29 Å². The molecule has 0 radical (unpaired) electrons. The van der Waals surface area contributed by atoms with Crippen LogP contribution in [0.2, 0.25) is 0 Å². The number of aliphatic hydroxyl groups excluding tert-OH is 4. The van der Waals surface area contributed by atoms with E-state index in [2.05, 4.69) is 0 Å². The van der Waals surface area contributed by atoms with Crippen LogP contribution in [-0.4, -0.2) is 67.5 Å². The molecule has 8 heteroatoms. The molecule has 0 aromatic rings. The Kier molecular flexibility index (Phi) is 3.69. The van der Waals surface area contributed by atoms with E-state index in [1.54, 1.807) is 6.92 Å². The lowest BCUT2D eigenvalue weighted by Crippen LogP contribution is -2.72. The minimum atomic E-state index is -2.49. The fourth-order valence-corrected chi connectivity index (χ4v) is 5.10. The maximum Gasteiger partial charge on any atom is 0.339 e. The average Bonchev–Trinajstić information content (AvgIpc) is 2.81. The third-order valence-corrected chi connectivity index (χ3v) is 7.05. The van der Waals surface area contributed by atoms with Crippen LogP contribution in [-0.2, 0) is 14.3 Å². The summed E-state index contributed by atoms with van der Waals surface area (Å²) >= 11 is 0. The SMILES string of the molecule is CC12CCC(C(C3(C(=O)O)OC(O)C(O)C(O)C3O)C1=O)C2(C)C. The van der Waals surface area contributed by atoms with Crippen molar-refractivity contribution in [1.82, 2.24) is 0 Å². The van der Waals surface area contributed by atoms with Gasteiger partial charge in [0.1, 0.15) is 24.1 Å². The number of rotatable bonds is 2. The van der Waals surface area contributed by atoms with Crippen molar-refractivity contribution in [3.05, 3.63) is 0 Å². The molecule has 8 atom stereocenters. The molecule has 5 N–H and O–H groups in total. The molecule has 8 nitrogen and oxygen atoms in total. The van der Waals surface area contributed by atoms with E-state index in [0.29, 0.717) is 12.8 Å². The molecule has 3 aliphatic rings. The smallest absolute Gasteiger partial charge is 0.339 e. The van der Waals surface area contributed by atoms with Crippen LogP contribution in [0.25, 0.3) is 0 Å². The predicted octanol–water partition coefficient (Wildman–Crippen LogP) is -1.12. The fourth-order valence-electron chi connectivity index (χ4n) is 5.10. The van der Waals surface area contributed by atoms with Gasteiger partial charge in [0.05, 0.1) is 5.92 Å². The molecule has 8 unspecified atom stereocenters. The second-order valence-electron chi connectivity index (χ2n) is 8.07. The molecule has 2 aliphatic carbocycles. The molecule has 0 aromatic heterocycles. The summed E-state index contributed by atoms with van der Waals surface area (Å²) in [6.45, 7) is 5.55. The Morgan fingerprint density at radius 2 is 1.71 bits per heavy atom. The molecule has 1 saturated heterocycles. The lowest BCUT2D eigenvalue weighted by atomic mass is 9.67. The number of aliphatic hydroxyl groups is 4. The Morgan fingerprint density at radius 1 is 1.12 bits per heavy atom. The van der Waals surface area contributed by atoms with E-state index in [9.17, 15) is 35.1 Å². The lowest BCUT2D eigenvalue weighted by Gasteiger charge is -2.49. The predicted molar refractivity (Wildman–Crippen MR) is 78.6 cm³/mol. The Morgan fingerprint density at radius 3 is 2.17 bits per heavy atom. The standard InChI is InChI=1S/C16H24O8/c1-14(2)6-4-5-15(14,3)10(19)7(6)16(13(22)23)11(20)8(17)9(18)12(21)24-16/h6-9,11-12,17-18,20-21H,4-5H2,1-3H3,(H,22,23). The zero-order valence-electron chi connectivity index (χ0n) is 13.8. The van der Waals surface area contributed by atoms with E-state index in [0.717, 1.165) is 0 Å². The van der Waals surface area contributed by atoms with Crippen molar-refractivity contribution in [2.75, 3.05) is 0 Å². The van der Waals surface area contributed by atoms with Crippen molar-refractivity contribution in [1.29, 1.82) is 0 Å². The molecule has 136 valence electrons. The van der Waals surface area contributed by atoms with Gasteiger partial charge in [-0.2, -0.15) is 0 Å². The minimum Gasteiger partial charge on any atom is -0.479 e. The maximum absolute atomic E-state index is 13.1. The minimum absolute atomic E-state index is 0.346. The van der Waals surface area contributed by atoms with Crippen LogP contribution in [0.4, 0.5) is 0 Å². The van der Waals surface area contributed by atoms with Crippen LogP contribution in [0.1, 0.15) is 33.6 Å². The highest BCUT2D eigenvalue weighted by Crippen LogP contribution is 2.68. The molecule has 0 spiro atoms. The van der Waals surface area contributed by atoms with Gasteiger partial charge >= 0.3 is 5.97 Å². The van der Waals surface area contributed by atoms with Gasteiger partial charge in [-0.05, 0) is 24.2 Å². The van der Waals surface area contributed by atoms with Crippen LogP contribution >= 0.6 is 0 Å². The molecular formula is C16H24O8. The Bertz CT molecular complexity index is 589. The number of carboxylic acids is 1. The van der Waals surface area contributed by atoms with E-state index in [1.165, 1.54) is 0 Å². The van der Waals surface area contributed by atoms with Crippen LogP contribution in [0.3, 0.4) is 0 Å². The Labute approximate surface area is 139 Å². The largest absolute Gasteiger partial charge is 0.479 e. The van der Waals surface area contributed by atoms with Gasteiger partial charge in [0.25, 0.3) is 0 Å². The van der Waals surface area contributed by atoms with Gasteiger partial charge in [-0.3, -0.25) is 4.79 Å². The molecule has 3 fully saturated rings. The number of hydrogen-bond acceptors (Lipinski definition) is 7. The Balaban J connectivity index is 2.14. The van der Waals surface area contributed by atoms with Crippen molar-refractivity contribution in [2.45, 2.75) is 63.8 Å². The first-order chi connectivity index (χ1) is 10.9. The topological polar surface area (TPSA) is 145 Å². The van der Waals surface area contributed by atoms with E-state index in [-0.39, 0.29) is 11.7 Å². The highest BCUT2D eigenvalue weighted by atomic mass is 16.7. The van der Waals surface area contributed by atoms with E-state index >= 15 is 0 Å². The molecule has 3 rings (SSSR count). The molecule has 2 saturated carbocycles. The van der Waals surface area contributed by atoms with Crippen LogP contribution in [0.15, 0.2) is 0 Å². The molecule has 1 aliphatic heterocycles. The number of fused-ring (bicyclic) bond motifs is 2. The summed E-state index contributed by atoms with van der Waals surface area (Å²) in [5.41, 5.74) is -3.76. The molecule has 2 bridgehead atoms. The fraction of sp³-hybridized carbons (Fsp3) is 0.875. The summed E-state index contributed by atoms with van der Waals surface area (Å²) in [6.07, 6.45) is -6.65. The maximum atomic E-state index is 13.1. The van der Waals surface area contributed by atoms with Crippen molar-refractivity contribution in [3.8, 4) is 0 Å². The van der Waals surface area contributed by atoms with Gasteiger partial charge in [-0.25, -0.2) is 4.79 Å². The molecule has 1 heterocycles. The molecular weight excluding hydrogens is 320 g/mol. The highest BCUT2D eigenvalue weighted by Gasteiger charge is 2.75. The van der Waals surface area contributed by atoms with Crippen LogP contribution in [0, 0.1) is 22.7 Å². The zero-order chi connectivity index (χ0) is 18.2. The van der Waals surface area contributed by atoms with Gasteiger partial charge in [0.2, 0.25) is 5.60 Å². The quantitative estimate of drug-likeness (QED) is 0.424. The molecule has 24 heavy (non-hydrogen) atoms. The number of aliphatic carboxylic acids is 1. The number of carboxylic acid groups (broad SMARTS) is 1. The second kappa shape index (κ2) is 4.98. The van der Waals surface area contributed by atoms with Crippen molar-refractivity contribution in [2.24, 2.45) is 22.7 Å². The first kappa shape index (κ1) is 17.8. The number of carbonyl (C=O) groups excluding carboxylic acids is 1. The number of Topliss-reactive ketones (excluding diaryl/α,β-unsaturated/α-hetero) is 1. The Hall–Kier alpha value is -1.06. The summed E-state index contributed by atoms with van der Waals surface area (Å²) in [4.78, 5) is 25.1. The monoisotopic (exact) mass is 344 g/mol. The summed E-state index contributed by atoms with van der Waals surface area (Å²) < 4.78 is 5.15. The van der Waals surface area contributed by atoms with Crippen LogP contribution < -0.4 is 0 Å². The van der Waals surface area contributed by atoms with Gasteiger partial charge in [-0.15, -0.1) is 0 Å². The van der Waals surface area contributed by atoms with E-state index < -0.39 is 52.9 Å². The average molecular weight is 344 g/mol. The van der Waals surface area contributed by atoms with Crippen molar-refractivity contribution in [3.63, 3.8) is 0 Å². The zero-order valence-corrected chi connectivity index (χ0v) is 13.8. The van der Waals surface area contributed by atoms with Gasteiger partial charge in [0, 0.05) is 5.41 Å². The van der Waals surface area contributed by atoms with E-state index in [4.69, 9.17) is 4.74 Å². The lowest BCUT2D eigenvalue weighted by molar-refractivity contribution is -0.327. The van der Waals surface area contributed by atoms with Crippen LogP contribution in [0.5, 0.6) is 0 Å². The summed E-state index contributed by atoms with van der Waals surface area (Å²) in [7, 11) is 0. The summed E-state index contributed by atoms with van der Waals surface area (Å²) in [6, 6.07) is 0. The first-order valence-electron chi connectivity index (χ1n) is 8.10. The van der Waals surface area contributed by atoms with Gasteiger partial charge in [-0.1, -0.05) is 20.8 Å². The first-order valence-corrected chi connectivity index (χ1v) is 8.10. The normalized spacial score (nSPS) is 53.4. The number of ketones is 1. The third-order valence-electron chi connectivity index (χ3n) is 7.05. The number of carbonyl (C=O) groups is 2. The molecule has 0 amide bonds. The van der Waals surface area contributed by atoms with Crippen molar-refractivity contribution >= 4 is 11.8 Å². The van der Waals surface area contributed by atoms with E-state index in [1.807, 2.05) is 13.8 Å². The summed E-state index contributed by atoms with van der Waals surface area (Å²) in [5.74, 6) is -3.57. The number of ether oxygens (including phenoxy) is 1. The summed E-state index contributed by atoms with van der Waals surface area (Å²) in [5, 5.41) is 49.7. The molecule has 0 aromatic carbocycles. The second-order valence-corrected chi connectivity index (χ2v) is 8.07. The highest BCUT2D eigenvalue weighted by molar-refractivity contribution is 5.98. The number of hydrogen-bond donors (Lipinski definition) is 5.